The third-order valence-corrected chi connectivity index (χ3v) is 10.3. The highest BCUT2D eigenvalue weighted by Crippen LogP contribution is 2.29. The highest BCUT2D eigenvalue weighted by atomic mass is 32.1. The zero-order valence-corrected chi connectivity index (χ0v) is 30.8. The molecule has 8 nitrogen and oxygen atoms in total. The fourth-order valence-corrected chi connectivity index (χ4v) is 7.31. The average Bonchev–Trinajstić information content (AvgIpc) is 3.74. The summed E-state index contributed by atoms with van der Waals surface area (Å²) in [5.74, 6) is 0. The molecule has 0 aliphatic heterocycles. The number of benzene rings is 2. The summed E-state index contributed by atoms with van der Waals surface area (Å²) in [6, 6.07) is 23.5. The van der Waals surface area contributed by atoms with Crippen molar-refractivity contribution in [3.8, 4) is 10.4 Å². The molecule has 0 spiro atoms. The molecular formula is C38H52N6O2S2. The molecule has 0 aliphatic carbocycles. The van der Waals surface area contributed by atoms with Crippen LogP contribution in [0.15, 0.2) is 82.9 Å². The molecule has 4 N–H and O–H groups in total. The Hall–Kier alpha value is -3.70. The Kier molecular flexibility index (Phi) is 14.5. The van der Waals surface area contributed by atoms with Crippen LogP contribution < -0.4 is 21.3 Å². The van der Waals surface area contributed by atoms with E-state index in [0.717, 1.165) is 25.7 Å². The molecular weight excluding hydrogens is 637 g/mol. The van der Waals surface area contributed by atoms with E-state index >= 15 is 0 Å². The molecule has 0 unspecified atom stereocenters. The molecule has 4 rings (SSSR count). The minimum Gasteiger partial charge on any atom is -0.337 e. The molecule has 0 radical (unpaired) electrons. The van der Waals surface area contributed by atoms with E-state index in [2.05, 4.69) is 122 Å². The first-order valence-electron chi connectivity index (χ1n) is 16.7. The molecule has 0 aliphatic rings. The van der Waals surface area contributed by atoms with Gasteiger partial charge in [-0.3, -0.25) is 0 Å². The van der Waals surface area contributed by atoms with E-state index < -0.39 is 0 Å². The van der Waals surface area contributed by atoms with Crippen molar-refractivity contribution in [3.63, 3.8) is 0 Å². The SMILES string of the molecule is C[C@H](Cc1csc(-c2cccc(C[C@@H](CNC(=O)N[C@@H](C)Cc3ccsc3)N(C)C)c2)c1)NC(=O)NC[C@H](Cc1ccccc1)N(C)C. The molecule has 2 aromatic heterocycles. The summed E-state index contributed by atoms with van der Waals surface area (Å²) in [7, 11) is 8.21. The Labute approximate surface area is 294 Å². The maximum Gasteiger partial charge on any atom is 0.315 e. The summed E-state index contributed by atoms with van der Waals surface area (Å²) < 4.78 is 0. The molecule has 4 amide bonds. The van der Waals surface area contributed by atoms with Gasteiger partial charge in [-0.1, -0.05) is 54.6 Å². The average molecular weight is 689 g/mol. The Morgan fingerprint density at radius 3 is 1.81 bits per heavy atom. The number of thiophene rings is 2. The lowest BCUT2D eigenvalue weighted by molar-refractivity contribution is 0.228. The zero-order valence-electron chi connectivity index (χ0n) is 29.2. The highest BCUT2D eigenvalue weighted by molar-refractivity contribution is 7.13. The van der Waals surface area contributed by atoms with Gasteiger partial charge in [-0.25, -0.2) is 9.59 Å². The van der Waals surface area contributed by atoms with Gasteiger partial charge >= 0.3 is 12.1 Å². The third-order valence-electron chi connectivity index (χ3n) is 8.53. The Morgan fingerprint density at radius 2 is 1.23 bits per heavy atom. The van der Waals surface area contributed by atoms with Crippen molar-refractivity contribution in [2.75, 3.05) is 41.3 Å². The first-order chi connectivity index (χ1) is 23.0. The maximum absolute atomic E-state index is 12.7. The van der Waals surface area contributed by atoms with Crippen molar-refractivity contribution in [3.05, 3.63) is 105 Å². The smallest absolute Gasteiger partial charge is 0.315 e. The van der Waals surface area contributed by atoms with Crippen molar-refractivity contribution in [2.45, 2.75) is 63.7 Å². The summed E-state index contributed by atoms with van der Waals surface area (Å²) in [6.45, 7) is 5.21. The van der Waals surface area contributed by atoms with E-state index in [1.165, 1.54) is 32.7 Å². The third kappa shape index (κ3) is 12.4. The molecule has 0 saturated carbocycles. The number of hydrogen-bond donors (Lipinski definition) is 4. The molecule has 0 saturated heterocycles. The van der Waals surface area contributed by atoms with Crippen molar-refractivity contribution in [1.29, 1.82) is 0 Å². The van der Waals surface area contributed by atoms with Crippen molar-refractivity contribution in [1.82, 2.24) is 31.1 Å². The minimum absolute atomic E-state index is 0.00473. The first kappa shape index (κ1) is 37.1. The molecule has 4 aromatic rings. The van der Waals surface area contributed by atoms with E-state index in [4.69, 9.17) is 0 Å². The van der Waals surface area contributed by atoms with Gasteiger partial charge in [0.25, 0.3) is 0 Å². The Morgan fingerprint density at radius 1 is 0.646 bits per heavy atom. The van der Waals surface area contributed by atoms with Crippen LogP contribution in [-0.4, -0.2) is 87.3 Å². The summed E-state index contributed by atoms with van der Waals surface area (Å²) in [5, 5.41) is 18.7. The van der Waals surface area contributed by atoms with Crippen molar-refractivity contribution >= 4 is 34.7 Å². The van der Waals surface area contributed by atoms with Crippen LogP contribution in [0.5, 0.6) is 0 Å². The normalized spacial score (nSPS) is 13.9. The minimum atomic E-state index is -0.138. The van der Waals surface area contributed by atoms with Gasteiger partial charge in [0.1, 0.15) is 0 Å². The van der Waals surface area contributed by atoms with E-state index in [1.807, 2.05) is 34.0 Å². The number of likely N-dealkylation sites (N-methyl/N-ethyl adjacent to an activating group) is 2. The summed E-state index contributed by atoms with van der Waals surface area (Å²) in [4.78, 5) is 30.9. The topological polar surface area (TPSA) is 88.7 Å². The van der Waals surface area contributed by atoms with Crippen LogP contribution in [0.25, 0.3) is 10.4 Å². The lowest BCUT2D eigenvalue weighted by Crippen LogP contribution is -2.47. The van der Waals surface area contributed by atoms with Gasteiger partial charge in [0.2, 0.25) is 0 Å². The molecule has 48 heavy (non-hydrogen) atoms. The fraction of sp³-hybridized carbons (Fsp3) is 0.421. The lowest BCUT2D eigenvalue weighted by Gasteiger charge is -2.25. The van der Waals surface area contributed by atoms with Crippen LogP contribution in [-0.2, 0) is 25.7 Å². The number of carbonyl (C=O) groups is 2. The summed E-state index contributed by atoms with van der Waals surface area (Å²) in [6.07, 6.45) is 3.28. The predicted octanol–water partition coefficient (Wildman–Crippen LogP) is 6.28. The van der Waals surface area contributed by atoms with Gasteiger partial charge in [0.15, 0.2) is 0 Å². The van der Waals surface area contributed by atoms with Crippen LogP contribution in [0.4, 0.5) is 9.59 Å². The van der Waals surface area contributed by atoms with Crippen molar-refractivity contribution in [2.24, 2.45) is 0 Å². The second-order valence-electron chi connectivity index (χ2n) is 13.2. The molecule has 4 atom stereocenters. The largest absolute Gasteiger partial charge is 0.337 e. The number of nitrogens with zero attached hydrogens (tertiary/aromatic N) is 2. The van der Waals surface area contributed by atoms with Crippen molar-refractivity contribution < 1.29 is 9.59 Å². The predicted molar refractivity (Wildman–Crippen MR) is 202 cm³/mol. The number of rotatable bonds is 17. The van der Waals surface area contributed by atoms with Crippen LogP contribution >= 0.6 is 22.7 Å². The number of nitrogens with one attached hydrogen (secondary N) is 4. The maximum atomic E-state index is 12.7. The van der Waals surface area contributed by atoms with Crippen LogP contribution in [0.3, 0.4) is 0 Å². The van der Waals surface area contributed by atoms with Crippen LogP contribution in [0.2, 0.25) is 0 Å². The molecule has 2 heterocycles. The second kappa shape index (κ2) is 18.7. The van der Waals surface area contributed by atoms with Gasteiger partial charge in [0, 0.05) is 42.1 Å². The first-order valence-corrected chi connectivity index (χ1v) is 18.5. The monoisotopic (exact) mass is 688 g/mol. The van der Waals surface area contributed by atoms with Gasteiger partial charge < -0.3 is 31.1 Å². The Bertz CT molecular complexity index is 1540. The van der Waals surface area contributed by atoms with E-state index in [0.29, 0.717) is 13.1 Å². The molecule has 10 heteroatoms. The number of amides is 4. The summed E-state index contributed by atoms with van der Waals surface area (Å²) in [5.41, 5.74) is 6.12. The van der Waals surface area contributed by atoms with Gasteiger partial charge in [-0.15, -0.1) is 11.3 Å². The van der Waals surface area contributed by atoms with E-state index in [9.17, 15) is 9.59 Å². The lowest BCUT2D eigenvalue weighted by atomic mass is 10.0. The highest BCUT2D eigenvalue weighted by Gasteiger charge is 2.17. The summed E-state index contributed by atoms with van der Waals surface area (Å²) >= 11 is 3.40. The Balaban J connectivity index is 1.24. The number of carbonyl (C=O) groups excluding carboxylic acids is 2. The standard InChI is InChI=1S/C38H52N6O2S2/c1-27(17-31-15-16-47-25-31)41-37(45)40-24-35(44(5)6)21-30-13-10-14-33(19-30)36-22-32(26-48-36)18-28(2)42-38(46)39-23-34(43(3)4)20-29-11-8-7-9-12-29/h7-16,19,22,25-28,34-35H,17-18,20-21,23-24H2,1-6H3,(H2,39,42,46)(H2,40,41,45)/t27-,28+,34-,35-/m0/s1. The van der Waals surface area contributed by atoms with Gasteiger partial charge in [-0.2, -0.15) is 11.3 Å². The quantitative estimate of drug-likeness (QED) is 0.105. The number of urea groups is 2. The molecule has 258 valence electrons. The molecule has 2 aromatic carbocycles. The zero-order chi connectivity index (χ0) is 34.5. The van der Waals surface area contributed by atoms with Gasteiger partial charge in [-0.05, 0) is 124 Å². The molecule has 0 bridgehead atoms. The van der Waals surface area contributed by atoms with Gasteiger partial charge in [0.05, 0.1) is 0 Å². The number of hydrogen-bond acceptors (Lipinski definition) is 6. The molecule has 0 fully saturated rings. The fourth-order valence-electron chi connectivity index (χ4n) is 5.71. The van der Waals surface area contributed by atoms with E-state index in [1.54, 1.807) is 22.7 Å². The van der Waals surface area contributed by atoms with Crippen LogP contribution in [0.1, 0.15) is 36.1 Å². The van der Waals surface area contributed by atoms with Crippen LogP contribution in [0, 0.1) is 0 Å². The van der Waals surface area contributed by atoms with E-state index in [-0.39, 0.29) is 36.2 Å². The second-order valence-corrected chi connectivity index (χ2v) is 14.9.